The third kappa shape index (κ3) is 9.23. The van der Waals surface area contributed by atoms with Gasteiger partial charge in [0, 0.05) is 0 Å². The maximum Gasteiger partial charge on any atom is 1.00 e. The summed E-state index contributed by atoms with van der Waals surface area (Å²) in [5.41, 5.74) is 0.745. The SMILES string of the molecule is CCCCCc1cccc(CCCCC)c1OC(CCC)S(=O)(=O)[O-].[Na+]. The summed E-state index contributed by atoms with van der Waals surface area (Å²) in [7, 11) is -4.48. The normalized spacial score (nSPS) is 12.5. The third-order valence-electron chi connectivity index (χ3n) is 4.37. The molecule has 0 aromatic heterocycles. The van der Waals surface area contributed by atoms with Crippen LogP contribution in [0.1, 0.15) is 83.3 Å². The first-order valence-electron chi connectivity index (χ1n) is 9.66. The van der Waals surface area contributed by atoms with Gasteiger partial charge in [0.05, 0.1) is 0 Å². The molecule has 0 saturated carbocycles. The van der Waals surface area contributed by atoms with Gasteiger partial charge < -0.3 is 9.29 Å². The van der Waals surface area contributed by atoms with Gasteiger partial charge in [-0.3, -0.25) is 0 Å². The summed E-state index contributed by atoms with van der Waals surface area (Å²) in [5.74, 6) is 0.632. The molecule has 0 bridgehead atoms. The van der Waals surface area contributed by atoms with Crippen molar-refractivity contribution in [3.05, 3.63) is 29.3 Å². The van der Waals surface area contributed by atoms with Crippen LogP contribution in [-0.4, -0.2) is 18.4 Å². The predicted molar refractivity (Wildman–Crippen MR) is 102 cm³/mol. The Hall–Kier alpha value is -0.0700. The standard InChI is InChI=1S/C20H34O4S.Na/c1-4-7-9-13-17-15-11-16-18(14-10-8-5-2)20(17)24-19(12-6-3)25(21,22)23;/h11,15-16,19H,4-10,12-14H2,1-3H3,(H,21,22,23);/q;+1/p-1. The van der Waals surface area contributed by atoms with Gasteiger partial charge in [0.15, 0.2) is 5.44 Å². The van der Waals surface area contributed by atoms with Gasteiger partial charge >= 0.3 is 29.6 Å². The maximum atomic E-state index is 11.6. The number of ether oxygens (including phenoxy) is 1. The van der Waals surface area contributed by atoms with Gasteiger partial charge in [0.25, 0.3) is 0 Å². The molecule has 1 unspecified atom stereocenters. The largest absolute Gasteiger partial charge is 1.00 e. The van der Waals surface area contributed by atoms with Gasteiger partial charge in [0.1, 0.15) is 15.9 Å². The van der Waals surface area contributed by atoms with E-state index in [0.29, 0.717) is 12.2 Å². The molecule has 0 aliphatic heterocycles. The molecule has 0 amide bonds. The van der Waals surface area contributed by atoms with E-state index in [9.17, 15) is 13.0 Å². The molecule has 1 aromatic rings. The van der Waals surface area contributed by atoms with Gasteiger partial charge in [-0.1, -0.05) is 71.1 Å². The minimum Gasteiger partial charge on any atom is -0.745 e. The van der Waals surface area contributed by atoms with Crippen molar-refractivity contribution in [1.82, 2.24) is 0 Å². The van der Waals surface area contributed by atoms with Crippen molar-refractivity contribution in [2.45, 2.75) is 90.4 Å². The van der Waals surface area contributed by atoms with Gasteiger partial charge in [-0.05, 0) is 43.2 Å². The van der Waals surface area contributed by atoms with Crippen molar-refractivity contribution in [3.8, 4) is 5.75 Å². The summed E-state index contributed by atoms with van der Waals surface area (Å²) in [6.45, 7) is 6.16. The number of hydrogen-bond acceptors (Lipinski definition) is 4. The van der Waals surface area contributed by atoms with Crippen LogP contribution in [0.3, 0.4) is 0 Å². The molecule has 1 aromatic carbocycles. The zero-order chi connectivity index (χ0) is 18.7. The summed E-state index contributed by atoms with van der Waals surface area (Å²) < 4.78 is 40.6. The van der Waals surface area contributed by atoms with Crippen molar-refractivity contribution in [2.75, 3.05) is 0 Å². The fourth-order valence-corrected chi connectivity index (χ4v) is 3.68. The van der Waals surface area contributed by atoms with E-state index in [-0.39, 0.29) is 36.0 Å². The molecule has 0 heterocycles. The Morgan fingerprint density at radius 2 is 1.42 bits per heavy atom. The zero-order valence-corrected chi connectivity index (χ0v) is 19.7. The molecule has 4 nitrogen and oxygen atoms in total. The van der Waals surface area contributed by atoms with Crippen LogP contribution in [0.25, 0.3) is 0 Å². The average molecular weight is 393 g/mol. The van der Waals surface area contributed by atoms with E-state index in [4.69, 9.17) is 4.74 Å². The van der Waals surface area contributed by atoms with Gasteiger partial charge in [-0.15, -0.1) is 0 Å². The van der Waals surface area contributed by atoms with Crippen molar-refractivity contribution < 1.29 is 47.3 Å². The molecule has 0 fully saturated rings. The molecule has 1 atom stereocenters. The van der Waals surface area contributed by atoms with E-state index in [0.717, 1.165) is 62.5 Å². The molecular formula is C20H33NaO4S. The molecule has 1 rings (SSSR count). The van der Waals surface area contributed by atoms with Crippen LogP contribution in [0.2, 0.25) is 0 Å². The summed E-state index contributed by atoms with van der Waals surface area (Å²) >= 11 is 0. The molecule has 6 heteroatoms. The van der Waals surface area contributed by atoms with Crippen molar-refractivity contribution in [2.24, 2.45) is 0 Å². The van der Waals surface area contributed by atoms with E-state index in [1.165, 1.54) is 0 Å². The molecule has 26 heavy (non-hydrogen) atoms. The molecule has 0 aliphatic rings. The molecule has 0 aliphatic carbocycles. The predicted octanol–water partition coefficient (Wildman–Crippen LogP) is 2.21. The van der Waals surface area contributed by atoms with Crippen molar-refractivity contribution in [3.63, 3.8) is 0 Å². The summed E-state index contributed by atoms with van der Waals surface area (Å²) in [4.78, 5) is 0. The molecule has 0 saturated heterocycles. The summed E-state index contributed by atoms with van der Waals surface area (Å²) in [6, 6.07) is 6.00. The Labute approximate surface area is 182 Å². The summed E-state index contributed by atoms with van der Waals surface area (Å²) in [6.07, 6.45) is 9.08. The molecule has 144 valence electrons. The number of para-hydroxylation sites is 1. The van der Waals surface area contributed by atoms with Crippen LogP contribution >= 0.6 is 0 Å². The van der Waals surface area contributed by atoms with Crippen LogP contribution < -0.4 is 34.3 Å². The van der Waals surface area contributed by atoms with Crippen LogP contribution in [-0.2, 0) is 23.0 Å². The number of rotatable bonds is 13. The number of benzene rings is 1. The smallest absolute Gasteiger partial charge is 0.745 e. The van der Waals surface area contributed by atoms with Crippen LogP contribution in [0.15, 0.2) is 18.2 Å². The van der Waals surface area contributed by atoms with Gasteiger partial charge in [0.2, 0.25) is 0 Å². The van der Waals surface area contributed by atoms with Crippen LogP contribution in [0, 0.1) is 0 Å². The van der Waals surface area contributed by atoms with E-state index in [1.807, 2.05) is 25.1 Å². The van der Waals surface area contributed by atoms with E-state index in [2.05, 4.69) is 13.8 Å². The molecule has 0 radical (unpaired) electrons. The minimum absolute atomic E-state index is 0. The number of hydrogen-bond donors (Lipinski definition) is 0. The monoisotopic (exact) mass is 392 g/mol. The fourth-order valence-electron chi connectivity index (χ4n) is 2.94. The van der Waals surface area contributed by atoms with Crippen molar-refractivity contribution in [1.29, 1.82) is 0 Å². The first-order valence-corrected chi connectivity index (χ1v) is 11.1. The average Bonchev–Trinajstić information content (AvgIpc) is 2.56. The quantitative estimate of drug-likeness (QED) is 0.293. The Balaban J connectivity index is 0.00000625. The van der Waals surface area contributed by atoms with Crippen LogP contribution in [0.4, 0.5) is 0 Å². The Kier molecular flexibility index (Phi) is 14.0. The van der Waals surface area contributed by atoms with E-state index < -0.39 is 15.6 Å². The zero-order valence-electron chi connectivity index (χ0n) is 16.9. The van der Waals surface area contributed by atoms with Gasteiger partial charge in [-0.2, -0.15) is 0 Å². The number of aryl methyl sites for hydroxylation is 2. The Morgan fingerprint density at radius 3 is 1.81 bits per heavy atom. The molecular weight excluding hydrogens is 359 g/mol. The third-order valence-corrected chi connectivity index (χ3v) is 5.35. The van der Waals surface area contributed by atoms with Crippen molar-refractivity contribution >= 4 is 10.1 Å². The summed E-state index contributed by atoms with van der Waals surface area (Å²) in [5, 5.41) is 0. The fraction of sp³-hybridized carbons (Fsp3) is 0.700. The minimum atomic E-state index is -4.48. The van der Waals surface area contributed by atoms with E-state index >= 15 is 0 Å². The second-order valence-electron chi connectivity index (χ2n) is 6.65. The van der Waals surface area contributed by atoms with E-state index in [1.54, 1.807) is 0 Å². The second kappa shape index (κ2) is 14.0. The maximum absolute atomic E-state index is 11.6. The number of unbranched alkanes of at least 4 members (excludes halogenated alkanes) is 4. The molecule has 0 spiro atoms. The first kappa shape index (κ1) is 25.9. The molecule has 0 N–H and O–H groups in total. The first-order chi connectivity index (χ1) is 11.9. The van der Waals surface area contributed by atoms with Crippen LogP contribution in [0.5, 0.6) is 5.75 Å². The topological polar surface area (TPSA) is 66.4 Å². The van der Waals surface area contributed by atoms with Gasteiger partial charge in [-0.25, -0.2) is 8.42 Å². The Morgan fingerprint density at radius 1 is 0.923 bits per heavy atom. The Bertz CT molecular complexity index is 574. The second-order valence-corrected chi connectivity index (χ2v) is 8.16.